The third kappa shape index (κ3) is 6.13. The van der Waals surface area contributed by atoms with Crippen molar-refractivity contribution in [2.45, 2.75) is 26.3 Å². The number of aryl methyl sites for hydroxylation is 1. The molecule has 0 aliphatic rings. The highest BCUT2D eigenvalue weighted by molar-refractivity contribution is 5.68. The van der Waals surface area contributed by atoms with Gasteiger partial charge in [-0.1, -0.05) is 36.8 Å². The summed E-state index contributed by atoms with van der Waals surface area (Å²) in [6.07, 6.45) is 4.07. The molecule has 164 valence electrons. The number of carbonyl (C=O) groups excluding carboxylic acids is 2. The molecule has 0 fully saturated rings. The predicted octanol–water partition coefficient (Wildman–Crippen LogP) is 2.67. The molecule has 0 spiro atoms. The molecule has 0 aliphatic heterocycles. The summed E-state index contributed by atoms with van der Waals surface area (Å²) in [6, 6.07) is 17.1. The Morgan fingerprint density at radius 1 is 0.970 bits per heavy atom. The Bertz CT molecular complexity index is 1320. The van der Waals surface area contributed by atoms with Gasteiger partial charge in [-0.15, -0.1) is 5.10 Å². The third-order valence-electron chi connectivity index (χ3n) is 4.53. The first kappa shape index (κ1) is 22.9. The molecule has 0 saturated heterocycles. The van der Waals surface area contributed by atoms with Crippen LogP contribution in [0.25, 0.3) is 22.6 Å². The van der Waals surface area contributed by atoms with E-state index in [1.54, 1.807) is 22.9 Å². The number of benzene rings is 1. The van der Waals surface area contributed by atoms with Crippen molar-refractivity contribution in [1.82, 2.24) is 29.9 Å². The molecule has 0 saturated carbocycles. The van der Waals surface area contributed by atoms with Gasteiger partial charge in [-0.3, -0.25) is 4.98 Å². The predicted molar refractivity (Wildman–Crippen MR) is 118 cm³/mol. The Labute approximate surface area is 189 Å². The highest BCUT2D eigenvalue weighted by atomic mass is 16.2. The molecule has 10 nitrogen and oxygen atoms in total. The Morgan fingerprint density at radius 3 is 2.45 bits per heavy atom. The fraction of sp³-hybridized carbons (Fsp3) is 0.174. The molecule has 0 aliphatic carbocycles. The second-order valence-electron chi connectivity index (χ2n) is 6.94. The molecule has 0 amide bonds. The fourth-order valence-electron chi connectivity index (χ4n) is 3.16. The lowest BCUT2D eigenvalue weighted by atomic mass is 10.1. The van der Waals surface area contributed by atoms with Crippen molar-refractivity contribution < 1.29 is 9.59 Å². The van der Waals surface area contributed by atoms with Crippen LogP contribution < -0.4 is 5.73 Å². The number of nitrogens with two attached hydrogens (primary N) is 1. The van der Waals surface area contributed by atoms with Gasteiger partial charge in [0.15, 0.2) is 0 Å². The van der Waals surface area contributed by atoms with Gasteiger partial charge in [-0.2, -0.15) is 14.9 Å². The molecule has 3 aromatic heterocycles. The van der Waals surface area contributed by atoms with Crippen LogP contribution in [0.2, 0.25) is 0 Å². The molecule has 0 radical (unpaired) electrons. The molecule has 4 rings (SSSR count). The summed E-state index contributed by atoms with van der Waals surface area (Å²) in [5, 5.41) is 17.6. The van der Waals surface area contributed by atoms with Gasteiger partial charge in [0.1, 0.15) is 5.69 Å². The summed E-state index contributed by atoms with van der Waals surface area (Å²) in [4.78, 5) is 29.5. The largest absolute Gasteiger partial charge is 0.373 e. The van der Waals surface area contributed by atoms with Gasteiger partial charge in [0.2, 0.25) is 5.95 Å². The Morgan fingerprint density at radius 2 is 1.70 bits per heavy atom. The number of anilines is 1. The highest BCUT2D eigenvalue weighted by Crippen LogP contribution is 2.24. The van der Waals surface area contributed by atoms with Gasteiger partial charge in [-0.25, -0.2) is 14.6 Å². The molecule has 0 atom stereocenters. The first-order chi connectivity index (χ1) is 16.1. The summed E-state index contributed by atoms with van der Waals surface area (Å²) in [5.41, 5.74) is 11.0. The Balaban J connectivity index is 0.000000968. The molecule has 0 bridgehead atoms. The van der Waals surface area contributed by atoms with Crippen LogP contribution in [0, 0.1) is 11.3 Å². The van der Waals surface area contributed by atoms with Crippen LogP contribution in [0.3, 0.4) is 0 Å². The van der Waals surface area contributed by atoms with E-state index in [4.69, 9.17) is 20.6 Å². The van der Waals surface area contributed by atoms with Crippen LogP contribution in [-0.4, -0.2) is 36.1 Å². The monoisotopic (exact) mass is 440 g/mol. The van der Waals surface area contributed by atoms with Crippen molar-refractivity contribution >= 4 is 12.1 Å². The van der Waals surface area contributed by atoms with Crippen LogP contribution in [0.4, 0.5) is 5.95 Å². The van der Waals surface area contributed by atoms with Crippen LogP contribution in [-0.2, 0) is 22.6 Å². The maximum Gasteiger partial charge on any atom is 0.373 e. The van der Waals surface area contributed by atoms with Crippen LogP contribution in [0.1, 0.15) is 30.3 Å². The maximum absolute atomic E-state index is 9.13. The molecule has 1 aromatic carbocycles. The van der Waals surface area contributed by atoms with Crippen LogP contribution in [0.5, 0.6) is 0 Å². The van der Waals surface area contributed by atoms with E-state index in [9.17, 15) is 0 Å². The molecule has 33 heavy (non-hydrogen) atoms. The van der Waals surface area contributed by atoms with Gasteiger partial charge in [-0.05, 0) is 36.8 Å². The number of rotatable bonds is 6. The lowest BCUT2D eigenvalue weighted by molar-refractivity contribution is -0.191. The number of nitriles is 1. The van der Waals surface area contributed by atoms with Gasteiger partial charge >= 0.3 is 6.15 Å². The second-order valence-corrected chi connectivity index (χ2v) is 6.94. The normalized spacial score (nSPS) is 9.94. The topological polar surface area (TPSA) is 153 Å². The van der Waals surface area contributed by atoms with Crippen molar-refractivity contribution in [3.8, 4) is 28.7 Å². The van der Waals surface area contributed by atoms with Crippen LogP contribution in [0.15, 0.2) is 54.7 Å². The number of hydrogen-bond donors (Lipinski definition) is 1. The molecule has 10 heteroatoms. The first-order valence-electron chi connectivity index (χ1n) is 10.1. The van der Waals surface area contributed by atoms with Crippen molar-refractivity contribution in [1.29, 1.82) is 5.26 Å². The highest BCUT2D eigenvalue weighted by Gasteiger charge is 2.11. The number of hydrogen-bond acceptors (Lipinski definition) is 9. The SMILES string of the molecule is CCCc1cccc(Cn2cc(-c3cc(-c4cccc(C#N)c4)nc(N)n3)nn2)n1.O=C=O. The van der Waals surface area contributed by atoms with Crippen LogP contribution >= 0.6 is 0 Å². The lowest BCUT2D eigenvalue weighted by Crippen LogP contribution is -2.04. The van der Waals surface area contributed by atoms with E-state index in [0.717, 1.165) is 29.8 Å². The Kier molecular flexibility index (Phi) is 7.67. The van der Waals surface area contributed by atoms with Crippen molar-refractivity contribution in [2.75, 3.05) is 5.73 Å². The Hall–Kier alpha value is -4.74. The average Bonchev–Trinajstić information content (AvgIpc) is 3.28. The minimum atomic E-state index is 0.133. The molecule has 0 unspecified atom stereocenters. The quantitative estimate of drug-likeness (QED) is 0.476. The zero-order valence-corrected chi connectivity index (χ0v) is 17.8. The van der Waals surface area contributed by atoms with E-state index >= 15 is 0 Å². The number of nitrogen functional groups attached to an aromatic ring is 1. The van der Waals surface area contributed by atoms with Crippen molar-refractivity contribution in [2.24, 2.45) is 0 Å². The summed E-state index contributed by atoms with van der Waals surface area (Å²) < 4.78 is 1.72. The van der Waals surface area contributed by atoms with Crippen molar-refractivity contribution in [3.63, 3.8) is 0 Å². The minimum absolute atomic E-state index is 0.133. The van der Waals surface area contributed by atoms with E-state index in [-0.39, 0.29) is 12.1 Å². The van der Waals surface area contributed by atoms with Gasteiger partial charge < -0.3 is 5.73 Å². The van der Waals surface area contributed by atoms with E-state index < -0.39 is 0 Å². The molecular weight excluding hydrogens is 420 g/mol. The molecule has 3 heterocycles. The van der Waals surface area contributed by atoms with E-state index in [1.165, 1.54) is 0 Å². The standard InChI is InChI=1S/C22H20N8.CO2/c1-2-5-17-8-4-9-18(25-17)13-30-14-21(28-29-30)20-11-19(26-22(24)27-20)16-7-3-6-15(10-16)12-23;2-1-3/h3-4,6-11,14H,2,5,13H2,1H3,(H2,24,26,27);. The van der Waals surface area contributed by atoms with Gasteiger partial charge in [0, 0.05) is 11.3 Å². The summed E-state index contributed by atoms with van der Waals surface area (Å²) in [7, 11) is 0. The number of aromatic nitrogens is 6. The van der Waals surface area contributed by atoms with Crippen molar-refractivity contribution in [3.05, 3.63) is 71.7 Å². The smallest absolute Gasteiger partial charge is 0.368 e. The average molecular weight is 440 g/mol. The molecule has 2 N–H and O–H groups in total. The fourth-order valence-corrected chi connectivity index (χ4v) is 3.16. The van der Waals surface area contributed by atoms with E-state index in [2.05, 4.69) is 38.3 Å². The van der Waals surface area contributed by atoms with E-state index in [0.29, 0.717) is 29.2 Å². The third-order valence-corrected chi connectivity index (χ3v) is 4.53. The zero-order chi connectivity index (χ0) is 23.6. The molecule has 4 aromatic rings. The molecular formula is C23H20N8O2. The summed E-state index contributed by atoms with van der Waals surface area (Å²) in [5.74, 6) is 0.133. The minimum Gasteiger partial charge on any atom is -0.368 e. The number of nitrogens with zero attached hydrogens (tertiary/aromatic N) is 7. The zero-order valence-electron chi connectivity index (χ0n) is 17.8. The maximum atomic E-state index is 9.13. The lowest BCUT2D eigenvalue weighted by Gasteiger charge is -2.05. The van der Waals surface area contributed by atoms with Gasteiger partial charge in [0.05, 0.1) is 41.5 Å². The first-order valence-corrected chi connectivity index (χ1v) is 10.1. The second kappa shape index (κ2) is 11.0. The number of pyridine rings is 1. The summed E-state index contributed by atoms with van der Waals surface area (Å²) in [6.45, 7) is 2.65. The van der Waals surface area contributed by atoms with E-state index in [1.807, 2.05) is 36.5 Å². The van der Waals surface area contributed by atoms with Gasteiger partial charge in [0.25, 0.3) is 0 Å². The summed E-state index contributed by atoms with van der Waals surface area (Å²) >= 11 is 0.